The first-order valence-corrected chi connectivity index (χ1v) is 4.14. The van der Waals surface area contributed by atoms with Crippen LogP contribution in [-0.4, -0.2) is 28.4 Å². The molecule has 1 atom stereocenters. The van der Waals surface area contributed by atoms with Crippen molar-refractivity contribution in [3.8, 4) is 0 Å². The molecule has 1 rings (SSSR count). The topological polar surface area (TPSA) is 29.5 Å². The maximum absolute atomic E-state index is 11.1. The van der Waals surface area contributed by atoms with E-state index in [1.807, 2.05) is 13.8 Å². The van der Waals surface area contributed by atoms with Crippen LogP contribution >= 0.6 is 15.9 Å². The fraction of sp³-hybridized carbons (Fsp3) is 0.833. The second kappa shape index (κ2) is 2.88. The van der Waals surface area contributed by atoms with E-state index in [9.17, 15) is 4.79 Å². The number of hydrogen-bond acceptors (Lipinski definition) is 2. The van der Waals surface area contributed by atoms with Crippen molar-refractivity contribution < 1.29 is 9.63 Å². The minimum Gasteiger partial charge on any atom is -0.271 e. The zero-order chi connectivity index (χ0) is 7.72. The predicted octanol–water partition coefficient (Wildman–Crippen LogP) is 0.932. The quantitative estimate of drug-likeness (QED) is 0.600. The molecule has 1 amide bonds. The molecule has 0 aliphatic carbocycles. The number of nitrogens with zero attached hydrogens (tertiary/aromatic N) is 1. The first-order chi connectivity index (χ1) is 4.63. The molecule has 0 aromatic rings. The summed E-state index contributed by atoms with van der Waals surface area (Å²) in [5.41, 5.74) is 0. The lowest BCUT2D eigenvalue weighted by Crippen LogP contribution is -2.32. The Balaban J connectivity index is 2.57. The van der Waals surface area contributed by atoms with E-state index in [1.165, 1.54) is 5.06 Å². The SMILES string of the molecule is CC(C)N1OCC(Br)C1=O. The average Bonchev–Trinajstić information content (AvgIpc) is 2.14. The van der Waals surface area contributed by atoms with E-state index in [1.54, 1.807) is 0 Å². The van der Waals surface area contributed by atoms with Gasteiger partial charge in [0.25, 0.3) is 5.91 Å². The van der Waals surface area contributed by atoms with Crippen LogP contribution in [0.15, 0.2) is 0 Å². The molecular weight excluding hydrogens is 198 g/mol. The van der Waals surface area contributed by atoms with E-state index in [0.717, 1.165) is 0 Å². The molecule has 0 N–H and O–H groups in total. The summed E-state index contributed by atoms with van der Waals surface area (Å²) in [5.74, 6) is 0.0231. The third-order valence-electron chi connectivity index (χ3n) is 1.31. The van der Waals surface area contributed by atoms with Crippen LogP contribution in [0.25, 0.3) is 0 Å². The van der Waals surface area contributed by atoms with Crippen LogP contribution < -0.4 is 0 Å². The Hall–Kier alpha value is -0.0900. The second-order valence-electron chi connectivity index (χ2n) is 2.52. The zero-order valence-electron chi connectivity index (χ0n) is 6.00. The third-order valence-corrected chi connectivity index (χ3v) is 1.97. The first-order valence-electron chi connectivity index (χ1n) is 3.23. The molecule has 0 radical (unpaired) electrons. The van der Waals surface area contributed by atoms with Gasteiger partial charge in [0.05, 0.1) is 12.6 Å². The molecule has 1 fully saturated rings. The summed E-state index contributed by atoms with van der Waals surface area (Å²) in [5, 5.41) is 1.40. The lowest BCUT2D eigenvalue weighted by atomic mass is 10.3. The summed E-state index contributed by atoms with van der Waals surface area (Å²) in [6, 6.07) is 0.134. The molecule has 10 heavy (non-hydrogen) atoms. The van der Waals surface area contributed by atoms with Gasteiger partial charge in [0.15, 0.2) is 0 Å². The van der Waals surface area contributed by atoms with Crippen molar-refractivity contribution in [3.05, 3.63) is 0 Å². The first kappa shape index (κ1) is 8.01. The fourth-order valence-electron chi connectivity index (χ4n) is 0.822. The number of hydrogen-bond donors (Lipinski definition) is 0. The second-order valence-corrected chi connectivity index (χ2v) is 3.63. The van der Waals surface area contributed by atoms with Crippen molar-refractivity contribution in [2.75, 3.05) is 6.61 Å². The average molecular weight is 208 g/mol. The van der Waals surface area contributed by atoms with Crippen molar-refractivity contribution in [1.82, 2.24) is 5.06 Å². The highest BCUT2D eigenvalue weighted by molar-refractivity contribution is 9.10. The molecule has 1 unspecified atom stereocenters. The summed E-state index contributed by atoms with van der Waals surface area (Å²) in [6.45, 7) is 4.29. The molecule has 1 aliphatic heterocycles. The summed E-state index contributed by atoms with van der Waals surface area (Å²) in [7, 11) is 0. The highest BCUT2D eigenvalue weighted by Crippen LogP contribution is 2.16. The molecule has 0 aromatic carbocycles. The molecule has 1 saturated heterocycles. The molecule has 0 saturated carbocycles. The van der Waals surface area contributed by atoms with Crippen molar-refractivity contribution >= 4 is 21.8 Å². The number of carbonyl (C=O) groups excluding carboxylic acids is 1. The van der Waals surface area contributed by atoms with E-state index in [-0.39, 0.29) is 16.8 Å². The maximum Gasteiger partial charge on any atom is 0.262 e. The lowest BCUT2D eigenvalue weighted by Gasteiger charge is -2.17. The molecule has 3 nitrogen and oxygen atoms in total. The van der Waals surface area contributed by atoms with E-state index in [4.69, 9.17) is 4.84 Å². The molecule has 0 spiro atoms. The molecule has 58 valence electrons. The summed E-state index contributed by atoms with van der Waals surface area (Å²) in [4.78, 5) is 16.0. The van der Waals surface area contributed by atoms with E-state index in [0.29, 0.717) is 6.61 Å². The van der Waals surface area contributed by atoms with Crippen molar-refractivity contribution in [2.24, 2.45) is 0 Å². The monoisotopic (exact) mass is 207 g/mol. The van der Waals surface area contributed by atoms with Crippen LogP contribution in [-0.2, 0) is 9.63 Å². The van der Waals surface area contributed by atoms with Crippen LogP contribution in [0.3, 0.4) is 0 Å². The van der Waals surface area contributed by atoms with Gasteiger partial charge < -0.3 is 0 Å². The van der Waals surface area contributed by atoms with Crippen molar-refractivity contribution in [2.45, 2.75) is 24.7 Å². The molecular formula is C6H10BrNO2. The Bertz CT molecular complexity index is 149. The molecule has 0 aromatic heterocycles. The van der Waals surface area contributed by atoms with Crippen LogP contribution in [0, 0.1) is 0 Å². The Morgan fingerprint density at radius 1 is 1.80 bits per heavy atom. The van der Waals surface area contributed by atoms with Gasteiger partial charge in [0.2, 0.25) is 0 Å². The number of halogens is 1. The maximum atomic E-state index is 11.1. The van der Waals surface area contributed by atoms with Crippen LogP contribution in [0.5, 0.6) is 0 Å². The fourth-order valence-corrected chi connectivity index (χ4v) is 1.14. The largest absolute Gasteiger partial charge is 0.271 e. The minimum absolute atomic E-state index is 0.0231. The van der Waals surface area contributed by atoms with Crippen LogP contribution in [0.1, 0.15) is 13.8 Å². The van der Waals surface area contributed by atoms with Gasteiger partial charge in [-0.1, -0.05) is 15.9 Å². The minimum atomic E-state index is -0.144. The summed E-state index contributed by atoms with van der Waals surface area (Å²) < 4.78 is 0. The number of alkyl halides is 1. The van der Waals surface area contributed by atoms with Gasteiger partial charge in [-0.15, -0.1) is 0 Å². The van der Waals surface area contributed by atoms with Crippen molar-refractivity contribution in [1.29, 1.82) is 0 Å². The molecule has 0 bridgehead atoms. The molecule has 1 heterocycles. The van der Waals surface area contributed by atoms with Crippen LogP contribution in [0.4, 0.5) is 0 Å². The van der Waals surface area contributed by atoms with E-state index >= 15 is 0 Å². The summed E-state index contributed by atoms with van der Waals surface area (Å²) in [6.07, 6.45) is 0. The number of carbonyl (C=O) groups is 1. The van der Waals surface area contributed by atoms with E-state index < -0.39 is 0 Å². The van der Waals surface area contributed by atoms with Crippen LogP contribution in [0.2, 0.25) is 0 Å². The molecule has 4 heteroatoms. The van der Waals surface area contributed by atoms with Gasteiger partial charge in [-0.25, -0.2) is 5.06 Å². The highest BCUT2D eigenvalue weighted by Gasteiger charge is 2.32. The summed E-state index contributed by atoms with van der Waals surface area (Å²) >= 11 is 3.20. The lowest BCUT2D eigenvalue weighted by molar-refractivity contribution is -0.170. The number of hydroxylamine groups is 2. The highest BCUT2D eigenvalue weighted by atomic mass is 79.9. The third kappa shape index (κ3) is 1.32. The number of amides is 1. The van der Waals surface area contributed by atoms with Crippen molar-refractivity contribution in [3.63, 3.8) is 0 Å². The van der Waals surface area contributed by atoms with Gasteiger partial charge in [-0.05, 0) is 13.8 Å². The van der Waals surface area contributed by atoms with Gasteiger partial charge in [-0.3, -0.25) is 9.63 Å². The number of rotatable bonds is 1. The van der Waals surface area contributed by atoms with Gasteiger partial charge in [0, 0.05) is 0 Å². The smallest absolute Gasteiger partial charge is 0.262 e. The van der Waals surface area contributed by atoms with E-state index in [2.05, 4.69) is 15.9 Å². The molecule has 1 aliphatic rings. The Morgan fingerprint density at radius 2 is 2.40 bits per heavy atom. The zero-order valence-corrected chi connectivity index (χ0v) is 7.59. The predicted molar refractivity (Wildman–Crippen MR) is 40.6 cm³/mol. The Labute approximate surface area is 68.4 Å². The Morgan fingerprint density at radius 3 is 2.60 bits per heavy atom. The standard InChI is InChI=1S/C6H10BrNO2/c1-4(2)8-6(9)5(7)3-10-8/h4-5H,3H2,1-2H3. The Kier molecular flexibility index (Phi) is 2.31. The van der Waals surface area contributed by atoms with Gasteiger partial charge in [-0.2, -0.15) is 0 Å². The van der Waals surface area contributed by atoms with Gasteiger partial charge in [0.1, 0.15) is 4.83 Å². The normalized spacial score (nSPS) is 26.6. The van der Waals surface area contributed by atoms with Gasteiger partial charge >= 0.3 is 0 Å².